The molecule has 3 heteroatoms. The molecule has 2 N–H and O–H groups in total. The fourth-order valence-electron chi connectivity index (χ4n) is 3.69. The molecule has 18 heavy (non-hydrogen) atoms. The fraction of sp³-hybridized carbons (Fsp3) is 0.533. The second kappa shape index (κ2) is 4.73. The van der Waals surface area contributed by atoms with E-state index in [9.17, 15) is 4.79 Å². The summed E-state index contributed by atoms with van der Waals surface area (Å²) in [7, 11) is 0. The molecular formula is C15H20N2O. The Morgan fingerprint density at radius 2 is 1.89 bits per heavy atom. The molecule has 2 bridgehead atoms. The number of primary amides is 1. The van der Waals surface area contributed by atoms with E-state index in [1.54, 1.807) is 0 Å². The van der Waals surface area contributed by atoms with E-state index in [0.29, 0.717) is 12.0 Å². The van der Waals surface area contributed by atoms with E-state index in [1.807, 2.05) is 6.07 Å². The van der Waals surface area contributed by atoms with Crippen molar-refractivity contribution in [2.75, 3.05) is 13.1 Å². The second-order valence-corrected chi connectivity index (χ2v) is 5.56. The van der Waals surface area contributed by atoms with Gasteiger partial charge in [0.05, 0.1) is 5.92 Å². The van der Waals surface area contributed by atoms with Crippen LogP contribution in [0.3, 0.4) is 0 Å². The first-order valence-corrected chi connectivity index (χ1v) is 6.83. The predicted octanol–water partition coefficient (Wildman–Crippen LogP) is 1.42. The Labute approximate surface area is 108 Å². The van der Waals surface area contributed by atoms with Crippen LogP contribution in [-0.4, -0.2) is 29.9 Å². The van der Waals surface area contributed by atoms with Gasteiger partial charge in [-0.2, -0.15) is 0 Å². The lowest BCUT2D eigenvalue weighted by Gasteiger charge is -2.50. The number of amides is 1. The molecule has 0 radical (unpaired) electrons. The van der Waals surface area contributed by atoms with Crippen LogP contribution in [0.4, 0.5) is 0 Å². The minimum absolute atomic E-state index is 0.0488. The fourth-order valence-corrected chi connectivity index (χ4v) is 3.69. The number of carbonyl (C=O) groups is 1. The molecule has 96 valence electrons. The molecule has 3 nitrogen and oxygen atoms in total. The summed E-state index contributed by atoms with van der Waals surface area (Å²) in [5.41, 5.74) is 6.94. The molecule has 3 aliphatic heterocycles. The molecule has 1 aromatic carbocycles. The summed E-state index contributed by atoms with van der Waals surface area (Å²) in [6.07, 6.45) is 3.22. The van der Waals surface area contributed by atoms with Crippen LogP contribution in [0.15, 0.2) is 30.3 Å². The first-order chi connectivity index (χ1) is 8.75. The summed E-state index contributed by atoms with van der Waals surface area (Å²) in [5.74, 6) is 0.458. The standard InChI is InChI=1S/C15H20N2O/c16-15(18)14-12-6-8-17(9-7-12)13(14)10-11-4-2-1-3-5-11/h1-5,12-14H,6-10H2,(H2,16,18). The van der Waals surface area contributed by atoms with E-state index in [0.717, 1.165) is 32.4 Å². The average Bonchev–Trinajstić information content (AvgIpc) is 2.40. The zero-order valence-electron chi connectivity index (χ0n) is 10.6. The minimum atomic E-state index is -0.106. The molecular weight excluding hydrogens is 224 g/mol. The van der Waals surface area contributed by atoms with Crippen molar-refractivity contribution >= 4 is 5.91 Å². The van der Waals surface area contributed by atoms with Crippen molar-refractivity contribution < 1.29 is 4.79 Å². The van der Waals surface area contributed by atoms with E-state index < -0.39 is 0 Å². The van der Waals surface area contributed by atoms with E-state index >= 15 is 0 Å². The highest BCUT2D eigenvalue weighted by molar-refractivity contribution is 5.78. The molecule has 2 atom stereocenters. The van der Waals surface area contributed by atoms with Gasteiger partial charge in [0.25, 0.3) is 0 Å². The molecule has 1 aromatic rings. The molecule has 3 fully saturated rings. The number of carbonyl (C=O) groups excluding carboxylic acids is 1. The lowest BCUT2D eigenvalue weighted by Crippen LogP contribution is -2.59. The van der Waals surface area contributed by atoms with Gasteiger partial charge in [0, 0.05) is 6.04 Å². The smallest absolute Gasteiger partial charge is 0.222 e. The molecule has 3 aliphatic rings. The summed E-state index contributed by atoms with van der Waals surface area (Å²) >= 11 is 0. The van der Waals surface area contributed by atoms with Crippen LogP contribution in [0, 0.1) is 11.8 Å². The monoisotopic (exact) mass is 244 g/mol. The third-order valence-electron chi connectivity index (χ3n) is 4.58. The van der Waals surface area contributed by atoms with Crippen LogP contribution in [0.2, 0.25) is 0 Å². The van der Waals surface area contributed by atoms with Gasteiger partial charge >= 0.3 is 0 Å². The number of nitrogens with two attached hydrogens (primary N) is 1. The van der Waals surface area contributed by atoms with Gasteiger partial charge in [-0.1, -0.05) is 30.3 Å². The third kappa shape index (κ3) is 2.03. The lowest BCUT2D eigenvalue weighted by atomic mass is 9.72. The van der Waals surface area contributed by atoms with E-state index in [2.05, 4.69) is 29.2 Å². The summed E-state index contributed by atoms with van der Waals surface area (Å²) in [6.45, 7) is 2.26. The zero-order valence-corrected chi connectivity index (χ0v) is 10.6. The predicted molar refractivity (Wildman–Crippen MR) is 70.9 cm³/mol. The SMILES string of the molecule is NC(=O)C1C2CCN(CC2)C1Cc1ccccc1. The summed E-state index contributed by atoms with van der Waals surface area (Å²) in [4.78, 5) is 14.2. The van der Waals surface area contributed by atoms with Gasteiger partial charge in [-0.3, -0.25) is 9.69 Å². The summed E-state index contributed by atoms with van der Waals surface area (Å²) < 4.78 is 0. The maximum atomic E-state index is 11.7. The molecule has 3 saturated heterocycles. The van der Waals surface area contributed by atoms with Crippen LogP contribution in [-0.2, 0) is 11.2 Å². The number of hydrogen-bond donors (Lipinski definition) is 1. The van der Waals surface area contributed by atoms with E-state index in [4.69, 9.17) is 5.73 Å². The van der Waals surface area contributed by atoms with Crippen molar-refractivity contribution in [3.63, 3.8) is 0 Å². The highest BCUT2D eigenvalue weighted by Crippen LogP contribution is 2.38. The third-order valence-corrected chi connectivity index (χ3v) is 4.58. The lowest BCUT2D eigenvalue weighted by molar-refractivity contribution is -0.132. The molecule has 1 amide bonds. The van der Waals surface area contributed by atoms with Crippen LogP contribution in [0.25, 0.3) is 0 Å². The van der Waals surface area contributed by atoms with Crippen molar-refractivity contribution in [1.82, 2.24) is 4.90 Å². The van der Waals surface area contributed by atoms with Crippen molar-refractivity contribution in [1.29, 1.82) is 0 Å². The van der Waals surface area contributed by atoms with Gasteiger partial charge < -0.3 is 5.73 Å². The normalized spacial score (nSPS) is 34.4. The number of benzene rings is 1. The number of rotatable bonds is 3. The maximum absolute atomic E-state index is 11.7. The molecule has 3 heterocycles. The summed E-state index contributed by atoms with van der Waals surface area (Å²) in [6, 6.07) is 10.7. The molecule has 0 aliphatic carbocycles. The van der Waals surface area contributed by atoms with Gasteiger partial charge in [-0.15, -0.1) is 0 Å². The Hall–Kier alpha value is -1.35. The van der Waals surface area contributed by atoms with Gasteiger partial charge in [0.1, 0.15) is 0 Å². The van der Waals surface area contributed by atoms with Crippen molar-refractivity contribution in [2.24, 2.45) is 17.6 Å². The van der Waals surface area contributed by atoms with Gasteiger partial charge in [0.15, 0.2) is 0 Å². The number of piperidine rings is 3. The number of fused-ring (bicyclic) bond motifs is 3. The molecule has 4 rings (SSSR count). The minimum Gasteiger partial charge on any atom is -0.369 e. The van der Waals surface area contributed by atoms with Gasteiger partial charge in [-0.05, 0) is 43.8 Å². The largest absolute Gasteiger partial charge is 0.369 e. The Bertz CT molecular complexity index is 423. The van der Waals surface area contributed by atoms with Crippen molar-refractivity contribution in [3.8, 4) is 0 Å². The maximum Gasteiger partial charge on any atom is 0.222 e. The zero-order chi connectivity index (χ0) is 12.5. The highest BCUT2D eigenvalue weighted by atomic mass is 16.1. The molecule has 0 saturated carbocycles. The number of nitrogens with zero attached hydrogens (tertiary/aromatic N) is 1. The second-order valence-electron chi connectivity index (χ2n) is 5.56. The number of hydrogen-bond acceptors (Lipinski definition) is 2. The van der Waals surface area contributed by atoms with Gasteiger partial charge in [-0.25, -0.2) is 0 Å². The summed E-state index contributed by atoms with van der Waals surface area (Å²) in [5, 5.41) is 0. The van der Waals surface area contributed by atoms with Crippen molar-refractivity contribution in [2.45, 2.75) is 25.3 Å². The van der Waals surface area contributed by atoms with Crippen molar-refractivity contribution in [3.05, 3.63) is 35.9 Å². The molecule has 2 unspecified atom stereocenters. The van der Waals surface area contributed by atoms with Gasteiger partial charge in [0.2, 0.25) is 5.91 Å². The first kappa shape index (κ1) is 11.7. The molecule has 0 spiro atoms. The Balaban J connectivity index is 1.82. The van der Waals surface area contributed by atoms with E-state index in [-0.39, 0.29) is 11.8 Å². The molecule has 0 aromatic heterocycles. The average molecular weight is 244 g/mol. The van der Waals surface area contributed by atoms with Crippen LogP contribution < -0.4 is 5.73 Å². The quantitative estimate of drug-likeness (QED) is 0.874. The van der Waals surface area contributed by atoms with Crippen LogP contribution in [0.5, 0.6) is 0 Å². The topological polar surface area (TPSA) is 46.3 Å². The highest BCUT2D eigenvalue weighted by Gasteiger charge is 2.44. The van der Waals surface area contributed by atoms with E-state index in [1.165, 1.54) is 5.56 Å². The Morgan fingerprint density at radius 3 is 2.50 bits per heavy atom. The first-order valence-electron chi connectivity index (χ1n) is 6.83. The van der Waals surface area contributed by atoms with Crippen LogP contribution in [0.1, 0.15) is 18.4 Å². The Kier molecular flexibility index (Phi) is 3.08. The van der Waals surface area contributed by atoms with Crippen LogP contribution >= 0.6 is 0 Å². The Morgan fingerprint density at radius 1 is 1.22 bits per heavy atom.